The van der Waals surface area contributed by atoms with Gasteiger partial charge in [-0.1, -0.05) is 13.3 Å². The second-order valence-corrected chi connectivity index (χ2v) is 3.78. The van der Waals surface area contributed by atoms with Crippen molar-refractivity contribution in [2.75, 3.05) is 17.7 Å². The molecule has 0 aliphatic heterocycles. The molecule has 0 aliphatic carbocycles. The third-order valence-corrected chi connectivity index (χ3v) is 2.43. The zero-order chi connectivity index (χ0) is 11.3. The highest BCUT2D eigenvalue weighted by Crippen LogP contribution is 2.18. The summed E-state index contributed by atoms with van der Waals surface area (Å²) in [7, 11) is 1.87. The largest absolute Gasteiger partial charge is 0.373 e. The Labute approximate surface area is 91.5 Å². The van der Waals surface area contributed by atoms with E-state index in [9.17, 15) is 0 Å². The van der Waals surface area contributed by atoms with Crippen LogP contribution in [-0.2, 0) is 0 Å². The van der Waals surface area contributed by atoms with E-state index in [1.165, 1.54) is 6.42 Å². The molecular weight excluding hydrogens is 188 g/mol. The van der Waals surface area contributed by atoms with Gasteiger partial charge in [-0.15, -0.1) is 0 Å². The minimum absolute atomic E-state index is 0.452. The second kappa shape index (κ2) is 5.53. The molecule has 1 rings (SSSR count). The van der Waals surface area contributed by atoms with Crippen molar-refractivity contribution >= 4 is 11.6 Å². The predicted molar refractivity (Wildman–Crippen MR) is 64.3 cm³/mol. The molecule has 0 aliphatic rings. The standard InChI is InChI=1S/C11H20N4/c1-5-6-8(2)15-11-9(3)10(12-4)13-7-14-11/h7-8H,5-6H2,1-4H3,(H2,12,13,14,15). The molecule has 0 bridgehead atoms. The number of hydrogen-bond donors (Lipinski definition) is 2. The summed E-state index contributed by atoms with van der Waals surface area (Å²) in [4.78, 5) is 8.40. The fraction of sp³-hybridized carbons (Fsp3) is 0.636. The average Bonchev–Trinajstić information content (AvgIpc) is 2.21. The maximum Gasteiger partial charge on any atom is 0.134 e. The zero-order valence-electron chi connectivity index (χ0n) is 9.96. The molecule has 15 heavy (non-hydrogen) atoms. The molecule has 0 fully saturated rings. The van der Waals surface area contributed by atoms with Crippen LogP contribution in [0.15, 0.2) is 6.33 Å². The van der Waals surface area contributed by atoms with Crippen LogP contribution in [0.3, 0.4) is 0 Å². The molecule has 1 atom stereocenters. The van der Waals surface area contributed by atoms with Gasteiger partial charge in [-0.2, -0.15) is 0 Å². The van der Waals surface area contributed by atoms with Crippen LogP contribution in [-0.4, -0.2) is 23.1 Å². The molecule has 0 amide bonds. The Morgan fingerprint density at radius 1 is 1.33 bits per heavy atom. The van der Waals surface area contributed by atoms with Gasteiger partial charge in [-0.05, 0) is 20.3 Å². The van der Waals surface area contributed by atoms with Crippen molar-refractivity contribution < 1.29 is 0 Å². The molecule has 0 saturated heterocycles. The van der Waals surface area contributed by atoms with Crippen molar-refractivity contribution in [1.82, 2.24) is 9.97 Å². The molecular formula is C11H20N4. The molecule has 0 saturated carbocycles. The number of nitrogens with one attached hydrogen (secondary N) is 2. The lowest BCUT2D eigenvalue weighted by molar-refractivity contribution is 0.686. The van der Waals surface area contributed by atoms with Crippen molar-refractivity contribution in [3.63, 3.8) is 0 Å². The monoisotopic (exact) mass is 208 g/mol. The summed E-state index contributed by atoms with van der Waals surface area (Å²) in [6, 6.07) is 0.452. The van der Waals surface area contributed by atoms with Crippen molar-refractivity contribution in [3.05, 3.63) is 11.9 Å². The number of rotatable bonds is 5. The van der Waals surface area contributed by atoms with Crippen molar-refractivity contribution in [2.24, 2.45) is 0 Å². The highest BCUT2D eigenvalue weighted by molar-refractivity contribution is 5.56. The summed E-state index contributed by atoms with van der Waals surface area (Å²) in [5, 5.41) is 6.44. The van der Waals surface area contributed by atoms with E-state index in [2.05, 4.69) is 34.4 Å². The normalized spacial score (nSPS) is 12.3. The van der Waals surface area contributed by atoms with Crippen LogP contribution in [0.25, 0.3) is 0 Å². The van der Waals surface area contributed by atoms with E-state index in [0.717, 1.165) is 23.6 Å². The molecule has 1 unspecified atom stereocenters. The van der Waals surface area contributed by atoms with Crippen LogP contribution in [0.2, 0.25) is 0 Å². The Hall–Kier alpha value is -1.32. The molecule has 84 valence electrons. The van der Waals surface area contributed by atoms with E-state index in [0.29, 0.717) is 6.04 Å². The first kappa shape index (κ1) is 11.8. The quantitative estimate of drug-likeness (QED) is 0.780. The molecule has 2 N–H and O–H groups in total. The third kappa shape index (κ3) is 3.08. The number of nitrogens with zero attached hydrogens (tertiary/aromatic N) is 2. The molecule has 0 spiro atoms. The topological polar surface area (TPSA) is 49.8 Å². The average molecular weight is 208 g/mol. The first-order chi connectivity index (χ1) is 7.19. The van der Waals surface area contributed by atoms with Gasteiger partial charge in [0.2, 0.25) is 0 Å². The Bertz CT molecular complexity index is 311. The van der Waals surface area contributed by atoms with E-state index in [-0.39, 0.29) is 0 Å². The van der Waals surface area contributed by atoms with Gasteiger partial charge in [-0.25, -0.2) is 9.97 Å². The Kier molecular flexibility index (Phi) is 4.34. The lowest BCUT2D eigenvalue weighted by Crippen LogP contribution is -2.17. The first-order valence-electron chi connectivity index (χ1n) is 5.44. The third-order valence-electron chi connectivity index (χ3n) is 2.43. The van der Waals surface area contributed by atoms with E-state index in [1.54, 1.807) is 6.33 Å². The van der Waals surface area contributed by atoms with E-state index < -0.39 is 0 Å². The van der Waals surface area contributed by atoms with E-state index in [1.807, 2.05) is 14.0 Å². The summed E-state index contributed by atoms with van der Waals surface area (Å²) >= 11 is 0. The van der Waals surface area contributed by atoms with E-state index in [4.69, 9.17) is 0 Å². The summed E-state index contributed by atoms with van der Waals surface area (Å²) in [5.41, 5.74) is 1.07. The smallest absolute Gasteiger partial charge is 0.134 e. The molecule has 4 heteroatoms. The van der Waals surface area contributed by atoms with E-state index >= 15 is 0 Å². The van der Waals surface area contributed by atoms with Gasteiger partial charge in [-0.3, -0.25) is 0 Å². The van der Waals surface area contributed by atoms with Gasteiger partial charge >= 0.3 is 0 Å². The molecule has 4 nitrogen and oxygen atoms in total. The SMILES string of the molecule is CCCC(C)Nc1ncnc(NC)c1C. The Morgan fingerprint density at radius 2 is 2.00 bits per heavy atom. The Morgan fingerprint density at radius 3 is 2.60 bits per heavy atom. The maximum atomic E-state index is 4.25. The lowest BCUT2D eigenvalue weighted by Gasteiger charge is -2.16. The summed E-state index contributed by atoms with van der Waals surface area (Å²) in [5.74, 6) is 1.81. The highest BCUT2D eigenvalue weighted by atomic mass is 15.1. The van der Waals surface area contributed by atoms with Crippen LogP contribution in [0, 0.1) is 6.92 Å². The Balaban J connectivity index is 2.76. The van der Waals surface area contributed by atoms with Crippen molar-refractivity contribution in [2.45, 2.75) is 39.7 Å². The fourth-order valence-electron chi connectivity index (χ4n) is 1.59. The van der Waals surface area contributed by atoms with Gasteiger partial charge < -0.3 is 10.6 Å². The van der Waals surface area contributed by atoms with Crippen molar-refractivity contribution in [1.29, 1.82) is 0 Å². The fourth-order valence-corrected chi connectivity index (χ4v) is 1.59. The lowest BCUT2D eigenvalue weighted by atomic mass is 10.2. The van der Waals surface area contributed by atoms with Crippen LogP contribution < -0.4 is 10.6 Å². The van der Waals surface area contributed by atoms with Gasteiger partial charge in [0.1, 0.15) is 18.0 Å². The van der Waals surface area contributed by atoms with Gasteiger partial charge in [0, 0.05) is 18.7 Å². The van der Waals surface area contributed by atoms with Crippen LogP contribution in [0.1, 0.15) is 32.3 Å². The van der Waals surface area contributed by atoms with Crippen LogP contribution >= 0.6 is 0 Å². The molecule has 0 aromatic carbocycles. The van der Waals surface area contributed by atoms with Crippen LogP contribution in [0.5, 0.6) is 0 Å². The summed E-state index contributed by atoms with van der Waals surface area (Å²) < 4.78 is 0. The number of anilines is 2. The first-order valence-corrected chi connectivity index (χ1v) is 5.44. The number of aromatic nitrogens is 2. The van der Waals surface area contributed by atoms with Gasteiger partial charge in [0.05, 0.1) is 0 Å². The zero-order valence-corrected chi connectivity index (χ0v) is 9.96. The molecule has 0 radical (unpaired) electrons. The maximum absolute atomic E-state index is 4.25. The van der Waals surface area contributed by atoms with Crippen molar-refractivity contribution in [3.8, 4) is 0 Å². The minimum atomic E-state index is 0.452. The molecule has 1 heterocycles. The number of hydrogen-bond acceptors (Lipinski definition) is 4. The molecule has 1 aromatic rings. The summed E-state index contributed by atoms with van der Waals surface area (Å²) in [6.07, 6.45) is 3.91. The van der Waals surface area contributed by atoms with Crippen LogP contribution in [0.4, 0.5) is 11.6 Å². The molecule has 1 aromatic heterocycles. The minimum Gasteiger partial charge on any atom is -0.373 e. The summed E-state index contributed by atoms with van der Waals surface area (Å²) in [6.45, 7) is 6.38. The van der Waals surface area contributed by atoms with Gasteiger partial charge in [0.25, 0.3) is 0 Å². The predicted octanol–water partition coefficient (Wildman–Crippen LogP) is 2.43. The highest BCUT2D eigenvalue weighted by Gasteiger charge is 2.07. The van der Waals surface area contributed by atoms with Gasteiger partial charge in [0.15, 0.2) is 0 Å². The second-order valence-electron chi connectivity index (χ2n) is 3.78.